The summed E-state index contributed by atoms with van der Waals surface area (Å²) in [6, 6.07) is 2.14. The quantitative estimate of drug-likeness (QED) is 0.616. The Morgan fingerprint density at radius 2 is 1.91 bits per heavy atom. The van der Waals surface area contributed by atoms with Crippen LogP contribution in [0.3, 0.4) is 0 Å². The van der Waals surface area contributed by atoms with Crippen molar-refractivity contribution in [2.45, 2.75) is 0 Å². The first-order valence-electron chi connectivity index (χ1n) is 3.05. The fraction of sp³-hybridized carbons (Fsp3) is 0. The van der Waals surface area contributed by atoms with Gasteiger partial charge in [0.2, 0.25) is 0 Å². The standard InChI is InChI=1S/C7H4F2N2/c8-4-1-6-7(2-5(4)9)11-3-10-6/h1-3H,(H,10,11). The fourth-order valence-electron chi connectivity index (χ4n) is 0.930. The highest BCUT2D eigenvalue weighted by Gasteiger charge is 2.04. The normalized spacial score (nSPS) is 10.7. The van der Waals surface area contributed by atoms with Crippen molar-refractivity contribution in [1.82, 2.24) is 9.97 Å². The number of nitrogens with one attached hydrogen (secondary N) is 1. The Morgan fingerprint density at radius 1 is 1.18 bits per heavy atom. The second kappa shape index (κ2) is 2.02. The predicted octanol–water partition coefficient (Wildman–Crippen LogP) is 1.84. The molecule has 1 N–H and O–H groups in total. The zero-order valence-electron chi connectivity index (χ0n) is 5.44. The number of hydrogen-bond acceptors (Lipinski definition) is 1. The highest BCUT2D eigenvalue weighted by Crippen LogP contribution is 2.13. The van der Waals surface area contributed by atoms with E-state index >= 15 is 0 Å². The molecule has 0 amide bonds. The van der Waals surface area contributed by atoms with E-state index in [0.29, 0.717) is 11.0 Å². The Kier molecular flexibility index (Phi) is 1.15. The number of H-pyrrole nitrogens is 1. The molecule has 2 rings (SSSR count). The first-order chi connectivity index (χ1) is 5.27. The van der Waals surface area contributed by atoms with Crippen LogP contribution in [0.1, 0.15) is 0 Å². The monoisotopic (exact) mass is 154 g/mol. The topological polar surface area (TPSA) is 28.7 Å². The molecule has 1 aromatic carbocycles. The second-order valence-electron chi connectivity index (χ2n) is 2.19. The Hall–Kier alpha value is -1.45. The molecule has 4 heteroatoms. The summed E-state index contributed by atoms with van der Waals surface area (Å²) in [6.45, 7) is 0. The van der Waals surface area contributed by atoms with Crippen LogP contribution in [0, 0.1) is 11.6 Å². The van der Waals surface area contributed by atoms with Gasteiger partial charge in [-0.25, -0.2) is 13.8 Å². The van der Waals surface area contributed by atoms with Crippen LogP contribution in [0.15, 0.2) is 18.5 Å². The van der Waals surface area contributed by atoms with Crippen molar-refractivity contribution >= 4 is 11.0 Å². The van der Waals surface area contributed by atoms with E-state index in [4.69, 9.17) is 0 Å². The highest BCUT2D eigenvalue weighted by molar-refractivity contribution is 5.74. The van der Waals surface area contributed by atoms with Gasteiger partial charge in [-0.2, -0.15) is 0 Å². The van der Waals surface area contributed by atoms with Gasteiger partial charge in [-0.1, -0.05) is 0 Å². The summed E-state index contributed by atoms with van der Waals surface area (Å²) in [4.78, 5) is 6.43. The van der Waals surface area contributed by atoms with Crippen molar-refractivity contribution in [3.8, 4) is 0 Å². The van der Waals surface area contributed by atoms with E-state index in [1.165, 1.54) is 6.33 Å². The van der Waals surface area contributed by atoms with Gasteiger partial charge in [-0.3, -0.25) is 0 Å². The molecule has 0 aliphatic carbocycles. The van der Waals surface area contributed by atoms with E-state index in [0.717, 1.165) is 12.1 Å². The first kappa shape index (κ1) is 6.27. The van der Waals surface area contributed by atoms with Gasteiger partial charge in [-0.05, 0) is 0 Å². The number of rotatable bonds is 0. The molecule has 0 fully saturated rings. The first-order valence-corrected chi connectivity index (χ1v) is 3.05. The lowest BCUT2D eigenvalue weighted by molar-refractivity contribution is 0.510. The Balaban J connectivity index is 2.86. The third kappa shape index (κ3) is 0.869. The number of benzene rings is 1. The number of fused-ring (bicyclic) bond motifs is 1. The number of imidazole rings is 1. The summed E-state index contributed by atoms with van der Waals surface area (Å²) >= 11 is 0. The average Bonchev–Trinajstić information content (AvgIpc) is 2.36. The van der Waals surface area contributed by atoms with Crippen molar-refractivity contribution < 1.29 is 8.78 Å². The van der Waals surface area contributed by atoms with Gasteiger partial charge >= 0.3 is 0 Å². The number of nitrogens with zero attached hydrogens (tertiary/aromatic N) is 1. The molecule has 1 aromatic heterocycles. The molecule has 56 valence electrons. The van der Waals surface area contributed by atoms with E-state index in [1.807, 2.05) is 0 Å². The van der Waals surface area contributed by atoms with Crippen molar-refractivity contribution in [3.05, 3.63) is 30.1 Å². The zero-order valence-corrected chi connectivity index (χ0v) is 5.44. The highest BCUT2D eigenvalue weighted by atomic mass is 19.2. The second-order valence-corrected chi connectivity index (χ2v) is 2.19. The molecule has 0 atom stereocenters. The van der Waals surface area contributed by atoms with Gasteiger partial charge < -0.3 is 4.98 Å². The third-order valence-electron chi connectivity index (χ3n) is 1.46. The smallest absolute Gasteiger partial charge is 0.161 e. The summed E-state index contributed by atoms with van der Waals surface area (Å²) in [5.41, 5.74) is 0.938. The number of aromatic nitrogens is 2. The van der Waals surface area contributed by atoms with Crippen LogP contribution in [0.25, 0.3) is 11.0 Å². The summed E-state index contributed by atoms with van der Waals surface area (Å²) in [5, 5.41) is 0. The van der Waals surface area contributed by atoms with Crippen LogP contribution in [0.4, 0.5) is 8.78 Å². The van der Waals surface area contributed by atoms with Crippen LogP contribution in [-0.4, -0.2) is 9.97 Å². The van der Waals surface area contributed by atoms with Gasteiger partial charge in [0.25, 0.3) is 0 Å². The van der Waals surface area contributed by atoms with Crippen LogP contribution >= 0.6 is 0 Å². The molecule has 0 aliphatic rings. The maximum atomic E-state index is 12.5. The summed E-state index contributed by atoms with van der Waals surface area (Å²) in [7, 11) is 0. The maximum Gasteiger partial charge on any atom is 0.161 e. The lowest BCUT2D eigenvalue weighted by atomic mass is 10.3. The summed E-state index contributed by atoms with van der Waals surface area (Å²) in [6.07, 6.45) is 1.39. The molecule has 0 unspecified atom stereocenters. The molecule has 0 saturated carbocycles. The Bertz CT molecular complexity index is 358. The van der Waals surface area contributed by atoms with Gasteiger partial charge in [0.15, 0.2) is 11.6 Å². The molecule has 0 bridgehead atoms. The number of aromatic amines is 1. The molecular formula is C7H4F2N2. The van der Waals surface area contributed by atoms with Crippen LogP contribution in [0.5, 0.6) is 0 Å². The zero-order chi connectivity index (χ0) is 7.84. The average molecular weight is 154 g/mol. The summed E-state index contributed by atoms with van der Waals surface area (Å²) < 4.78 is 25.0. The largest absolute Gasteiger partial charge is 0.345 e. The lowest BCUT2D eigenvalue weighted by Crippen LogP contribution is -1.82. The minimum absolute atomic E-state index is 0.434. The van der Waals surface area contributed by atoms with Gasteiger partial charge in [0.1, 0.15) is 0 Å². The number of hydrogen-bond donors (Lipinski definition) is 1. The minimum Gasteiger partial charge on any atom is -0.345 e. The molecule has 1 heterocycles. The Morgan fingerprint density at radius 3 is 2.73 bits per heavy atom. The minimum atomic E-state index is -0.871. The van der Waals surface area contributed by atoms with Crippen molar-refractivity contribution in [2.24, 2.45) is 0 Å². The molecule has 2 nitrogen and oxygen atoms in total. The fourth-order valence-corrected chi connectivity index (χ4v) is 0.930. The number of halogens is 2. The lowest BCUT2D eigenvalue weighted by Gasteiger charge is -1.90. The van der Waals surface area contributed by atoms with E-state index in [1.54, 1.807) is 0 Å². The van der Waals surface area contributed by atoms with Gasteiger partial charge in [0.05, 0.1) is 17.4 Å². The van der Waals surface area contributed by atoms with Crippen molar-refractivity contribution in [1.29, 1.82) is 0 Å². The molecule has 0 saturated heterocycles. The SMILES string of the molecule is Fc1cc2nc[nH]c2cc1F. The summed E-state index contributed by atoms with van der Waals surface area (Å²) in [5.74, 6) is -1.73. The van der Waals surface area contributed by atoms with Crippen LogP contribution in [0.2, 0.25) is 0 Å². The van der Waals surface area contributed by atoms with Crippen LogP contribution < -0.4 is 0 Å². The van der Waals surface area contributed by atoms with E-state index in [-0.39, 0.29) is 0 Å². The Labute approximate surface area is 60.9 Å². The maximum absolute atomic E-state index is 12.5. The van der Waals surface area contributed by atoms with E-state index in [9.17, 15) is 8.78 Å². The van der Waals surface area contributed by atoms with Crippen LogP contribution in [-0.2, 0) is 0 Å². The van der Waals surface area contributed by atoms with Crippen molar-refractivity contribution in [3.63, 3.8) is 0 Å². The van der Waals surface area contributed by atoms with Crippen molar-refractivity contribution in [2.75, 3.05) is 0 Å². The third-order valence-corrected chi connectivity index (χ3v) is 1.46. The molecule has 0 spiro atoms. The predicted molar refractivity (Wildman–Crippen MR) is 36.0 cm³/mol. The molecule has 11 heavy (non-hydrogen) atoms. The van der Waals surface area contributed by atoms with E-state index < -0.39 is 11.6 Å². The molecule has 2 aromatic rings. The molecule has 0 radical (unpaired) electrons. The van der Waals surface area contributed by atoms with Gasteiger partial charge in [-0.15, -0.1) is 0 Å². The molecular weight excluding hydrogens is 150 g/mol. The van der Waals surface area contributed by atoms with E-state index in [2.05, 4.69) is 9.97 Å². The molecule has 0 aliphatic heterocycles. The van der Waals surface area contributed by atoms with Gasteiger partial charge in [0, 0.05) is 12.1 Å².